The van der Waals surface area contributed by atoms with Crippen molar-refractivity contribution in [3.8, 4) is 0 Å². The second-order valence-corrected chi connectivity index (χ2v) is 7.09. The molecule has 0 spiro atoms. The van der Waals surface area contributed by atoms with Crippen LogP contribution in [0.25, 0.3) is 0 Å². The third-order valence-electron chi connectivity index (χ3n) is 5.00. The van der Waals surface area contributed by atoms with Crippen LogP contribution in [0.3, 0.4) is 0 Å². The predicted molar refractivity (Wildman–Crippen MR) is 109 cm³/mol. The molecule has 7 nitrogen and oxygen atoms in total. The Morgan fingerprint density at radius 2 is 1.93 bits per heavy atom. The molecule has 2 atom stereocenters. The van der Waals surface area contributed by atoms with E-state index in [2.05, 4.69) is 25.5 Å². The van der Waals surface area contributed by atoms with Gasteiger partial charge in [0.25, 0.3) is 0 Å². The third kappa shape index (κ3) is 5.06. The molecule has 0 bridgehead atoms. The zero-order valence-electron chi connectivity index (χ0n) is 16.4. The minimum atomic E-state index is -0.105. The van der Waals surface area contributed by atoms with Crippen molar-refractivity contribution in [1.82, 2.24) is 15.3 Å². The van der Waals surface area contributed by atoms with Gasteiger partial charge in [0.1, 0.15) is 0 Å². The van der Waals surface area contributed by atoms with Gasteiger partial charge in [0.2, 0.25) is 17.8 Å². The van der Waals surface area contributed by atoms with E-state index in [-0.39, 0.29) is 23.8 Å². The maximum absolute atomic E-state index is 12.8. The van der Waals surface area contributed by atoms with Crippen LogP contribution in [0.15, 0.2) is 42.7 Å². The van der Waals surface area contributed by atoms with E-state index in [9.17, 15) is 9.59 Å². The molecule has 2 heterocycles. The smallest absolute Gasteiger partial charge is 0.225 e. The Kier molecular flexibility index (Phi) is 6.57. The predicted octanol–water partition coefficient (Wildman–Crippen LogP) is 2.92. The van der Waals surface area contributed by atoms with Crippen LogP contribution in [0, 0.1) is 5.92 Å². The summed E-state index contributed by atoms with van der Waals surface area (Å²) in [7, 11) is 0. The molecule has 1 fully saturated rings. The van der Waals surface area contributed by atoms with Crippen molar-refractivity contribution in [2.24, 2.45) is 5.92 Å². The molecule has 0 saturated carbocycles. The summed E-state index contributed by atoms with van der Waals surface area (Å²) in [5.74, 6) is 0.635. The van der Waals surface area contributed by atoms with Gasteiger partial charge >= 0.3 is 0 Å². The SMILES string of the molecule is CCC(=O)Nc1ccc(C(C)NC(=O)C2CCCN(c3ncccn3)C2)cc1. The Morgan fingerprint density at radius 1 is 1.21 bits per heavy atom. The van der Waals surface area contributed by atoms with E-state index >= 15 is 0 Å². The Bertz CT molecular complexity index is 794. The molecule has 148 valence electrons. The molecule has 2 unspecified atom stereocenters. The topological polar surface area (TPSA) is 87.2 Å². The van der Waals surface area contributed by atoms with Crippen LogP contribution in [0.2, 0.25) is 0 Å². The van der Waals surface area contributed by atoms with Gasteiger partial charge < -0.3 is 15.5 Å². The van der Waals surface area contributed by atoms with Gasteiger partial charge in [-0.3, -0.25) is 9.59 Å². The lowest BCUT2D eigenvalue weighted by Crippen LogP contribution is -2.44. The highest BCUT2D eigenvalue weighted by Crippen LogP contribution is 2.22. The lowest BCUT2D eigenvalue weighted by Gasteiger charge is -2.32. The van der Waals surface area contributed by atoms with Crippen LogP contribution in [0.5, 0.6) is 0 Å². The summed E-state index contributed by atoms with van der Waals surface area (Å²) in [6.45, 7) is 5.29. The lowest BCUT2D eigenvalue weighted by molar-refractivity contribution is -0.126. The Labute approximate surface area is 165 Å². The summed E-state index contributed by atoms with van der Waals surface area (Å²) in [6, 6.07) is 9.27. The average molecular weight is 381 g/mol. The highest BCUT2D eigenvalue weighted by Gasteiger charge is 2.27. The number of carbonyl (C=O) groups is 2. The summed E-state index contributed by atoms with van der Waals surface area (Å²) in [4.78, 5) is 34.9. The summed E-state index contributed by atoms with van der Waals surface area (Å²) in [5.41, 5.74) is 1.77. The number of anilines is 2. The van der Waals surface area contributed by atoms with Crippen LogP contribution in [-0.4, -0.2) is 34.9 Å². The van der Waals surface area contributed by atoms with Crippen LogP contribution in [-0.2, 0) is 9.59 Å². The number of piperidine rings is 1. The summed E-state index contributed by atoms with van der Waals surface area (Å²) in [6.07, 6.45) is 5.70. The molecule has 2 amide bonds. The second kappa shape index (κ2) is 9.30. The minimum absolute atomic E-state index is 0.0154. The molecule has 1 aliphatic heterocycles. The molecule has 2 N–H and O–H groups in total. The number of carbonyl (C=O) groups excluding carboxylic acids is 2. The van der Waals surface area contributed by atoms with Gasteiger partial charge in [-0.2, -0.15) is 0 Å². The number of nitrogens with one attached hydrogen (secondary N) is 2. The van der Waals surface area contributed by atoms with Crippen molar-refractivity contribution in [3.63, 3.8) is 0 Å². The van der Waals surface area contributed by atoms with E-state index in [1.807, 2.05) is 38.1 Å². The van der Waals surface area contributed by atoms with Gasteiger partial charge in [-0.25, -0.2) is 9.97 Å². The zero-order chi connectivity index (χ0) is 19.9. The number of rotatable bonds is 6. The maximum Gasteiger partial charge on any atom is 0.225 e. The summed E-state index contributed by atoms with van der Waals surface area (Å²) < 4.78 is 0. The van der Waals surface area contributed by atoms with Crippen molar-refractivity contribution in [2.45, 2.75) is 39.2 Å². The number of amides is 2. The van der Waals surface area contributed by atoms with Gasteiger partial charge in [-0.05, 0) is 43.5 Å². The van der Waals surface area contributed by atoms with E-state index in [1.54, 1.807) is 18.5 Å². The molecule has 0 aliphatic carbocycles. The first-order chi connectivity index (χ1) is 13.6. The molecule has 2 aromatic rings. The number of nitrogens with zero attached hydrogens (tertiary/aromatic N) is 3. The van der Waals surface area contributed by atoms with E-state index in [0.717, 1.165) is 30.6 Å². The van der Waals surface area contributed by atoms with Crippen LogP contribution < -0.4 is 15.5 Å². The van der Waals surface area contributed by atoms with Crippen molar-refractivity contribution < 1.29 is 9.59 Å². The normalized spacial score (nSPS) is 17.6. The van der Waals surface area contributed by atoms with E-state index in [0.29, 0.717) is 18.9 Å². The molecule has 1 aromatic heterocycles. The standard InChI is InChI=1S/C21H27N5O2/c1-3-19(27)25-18-9-7-16(8-10-18)15(2)24-20(28)17-6-4-13-26(14-17)21-22-11-5-12-23-21/h5,7-12,15,17H,3-4,6,13-14H2,1-2H3,(H,24,28)(H,25,27). The third-order valence-corrected chi connectivity index (χ3v) is 5.00. The molecule has 28 heavy (non-hydrogen) atoms. The summed E-state index contributed by atoms with van der Waals surface area (Å²) >= 11 is 0. The number of benzene rings is 1. The fourth-order valence-corrected chi connectivity index (χ4v) is 3.35. The maximum atomic E-state index is 12.8. The number of hydrogen-bond acceptors (Lipinski definition) is 5. The summed E-state index contributed by atoms with van der Waals surface area (Å²) in [5, 5.41) is 5.94. The Morgan fingerprint density at radius 3 is 2.61 bits per heavy atom. The van der Waals surface area contributed by atoms with Crippen LogP contribution >= 0.6 is 0 Å². The van der Waals surface area contributed by atoms with Gasteiger partial charge in [0.15, 0.2) is 0 Å². The molecule has 0 radical (unpaired) electrons. The molecule has 1 saturated heterocycles. The van der Waals surface area contributed by atoms with Crippen molar-refractivity contribution in [3.05, 3.63) is 48.3 Å². The first-order valence-electron chi connectivity index (χ1n) is 9.79. The highest BCUT2D eigenvalue weighted by molar-refractivity contribution is 5.90. The van der Waals surface area contributed by atoms with Crippen LogP contribution in [0.4, 0.5) is 11.6 Å². The highest BCUT2D eigenvalue weighted by atomic mass is 16.2. The Balaban J connectivity index is 1.57. The number of aromatic nitrogens is 2. The quantitative estimate of drug-likeness (QED) is 0.803. The minimum Gasteiger partial charge on any atom is -0.349 e. The van der Waals surface area contributed by atoms with Gasteiger partial charge in [0.05, 0.1) is 12.0 Å². The average Bonchev–Trinajstić information content (AvgIpc) is 2.74. The monoisotopic (exact) mass is 381 g/mol. The lowest BCUT2D eigenvalue weighted by atomic mass is 9.96. The van der Waals surface area contributed by atoms with Crippen molar-refractivity contribution in [2.75, 3.05) is 23.3 Å². The van der Waals surface area contributed by atoms with Gasteiger partial charge in [0, 0.05) is 37.6 Å². The molecule has 1 aliphatic rings. The first kappa shape index (κ1) is 19.8. The Hall–Kier alpha value is -2.96. The van der Waals surface area contributed by atoms with Gasteiger partial charge in [-0.1, -0.05) is 19.1 Å². The van der Waals surface area contributed by atoms with E-state index in [1.165, 1.54) is 0 Å². The fourth-order valence-electron chi connectivity index (χ4n) is 3.35. The van der Waals surface area contributed by atoms with E-state index < -0.39 is 0 Å². The second-order valence-electron chi connectivity index (χ2n) is 7.09. The molecule has 1 aromatic carbocycles. The van der Waals surface area contributed by atoms with Crippen LogP contribution in [0.1, 0.15) is 44.7 Å². The fraction of sp³-hybridized carbons (Fsp3) is 0.429. The zero-order valence-corrected chi connectivity index (χ0v) is 16.4. The first-order valence-corrected chi connectivity index (χ1v) is 9.79. The molecular weight excluding hydrogens is 354 g/mol. The number of hydrogen-bond donors (Lipinski definition) is 2. The largest absolute Gasteiger partial charge is 0.349 e. The molecule has 7 heteroatoms. The van der Waals surface area contributed by atoms with Crippen molar-refractivity contribution in [1.29, 1.82) is 0 Å². The molecular formula is C21H27N5O2. The van der Waals surface area contributed by atoms with Crippen molar-refractivity contribution >= 4 is 23.5 Å². The van der Waals surface area contributed by atoms with E-state index in [4.69, 9.17) is 0 Å². The molecule has 3 rings (SSSR count). The van der Waals surface area contributed by atoms with Gasteiger partial charge in [-0.15, -0.1) is 0 Å².